The van der Waals surface area contributed by atoms with E-state index >= 15 is 0 Å². The maximum absolute atomic E-state index is 12.4. The number of aliphatic carboxylic acids is 2. The molecule has 680 valence electrons. The average Bonchev–Trinajstić information content (AvgIpc) is 0.894. The van der Waals surface area contributed by atoms with Crippen molar-refractivity contribution < 1.29 is 135 Å². The second-order valence-corrected chi connectivity index (χ2v) is 29.2. The minimum absolute atomic E-state index is 0.0147. The van der Waals surface area contributed by atoms with Gasteiger partial charge in [-0.1, -0.05) is 77.6 Å². The number of carboxylic acid groups (broad SMARTS) is 4. The Kier molecular flexibility index (Phi) is 67.5. The van der Waals surface area contributed by atoms with E-state index in [1.165, 1.54) is 31.2 Å². The van der Waals surface area contributed by atoms with Crippen LogP contribution in [0.3, 0.4) is 0 Å². The van der Waals surface area contributed by atoms with Crippen molar-refractivity contribution in [3.63, 3.8) is 0 Å². The van der Waals surface area contributed by atoms with Gasteiger partial charge in [0.25, 0.3) is 0 Å². The van der Waals surface area contributed by atoms with Gasteiger partial charge in [-0.05, 0) is 146 Å². The number of hydrogen-bond donors (Lipinski definition) is 10. The smallest absolute Gasteiger partial charge is 0.335 e. The van der Waals surface area contributed by atoms with E-state index in [2.05, 4.69) is 26.6 Å². The van der Waals surface area contributed by atoms with E-state index in [0.29, 0.717) is 103 Å². The highest BCUT2D eigenvalue weighted by Gasteiger charge is 2.24. The first-order valence-electron chi connectivity index (χ1n) is 42.4. The average molecular weight is 1700 g/mol. The van der Waals surface area contributed by atoms with E-state index in [9.17, 15) is 77.3 Å². The molecule has 0 radical (unpaired) electrons. The van der Waals surface area contributed by atoms with Gasteiger partial charge in [0.15, 0.2) is 5.78 Å². The van der Waals surface area contributed by atoms with Crippen LogP contribution in [0.15, 0.2) is 48.5 Å². The van der Waals surface area contributed by atoms with Crippen molar-refractivity contribution in [3.05, 3.63) is 59.7 Å². The maximum atomic E-state index is 12.4. The summed E-state index contributed by atoms with van der Waals surface area (Å²) in [7, 11) is 0. The summed E-state index contributed by atoms with van der Waals surface area (Å²) in [5.74, 6) is -5.38. The number of hydrogen-bond acceptors (Lipinski definition) is 25. The Morgan fingerprint density at radius 2 is 0.717 bits per heavy atom. The fraction of sp³-hybridized carbons (Fsp3) is 0.698. The van der Waals surface area contributed by atoms with E-state index in [1.807, 2.05) is 6.92 Å². The lowest BCUT2D eigenvalue weighted by molar-refractivity contribution is -0.144. The van der Waals surface area contributed by atoms with Crippen molar-refractivity contribution in [2.24, 2.45) is 17.6 Å². The molecule has 0 spiro atoms. The maximum Gasteiger partial charge on any atom is 0.335 e. The van der Waals surface area contributed by atoms with Crippen LogP contribution in [0.25, 0.3) is 0 Å². The monoisotopic (exact) mass is 1700 g/mol. The summed E-state index contributed by atoms with van der Waals surface area (Å²) in [6.07, 6.45) is 19.5. The van der Waals surface area contributed by atoms with Gasteiger partial charge in [-0.3, -0.25) is 52.7 Å². The quantitative estimate of drug-likeness (QED) is 0.0278. The molecule has 0 aliphatic rings. The Morgan fingerprint density at radius 3 is 1.16 bits per heavy atom. The third-order valence-corrected chi connectivity index (χ3v) is 18.7. The first kappa shape index (κ1) is 109. The molecule has 0 heterocycles. The SMILES string of the molecule is CC(=O)[C@@H](C)CCCCNC(=O)COCCOCCNC(=O)COCCOCCCC(=O)CC[C@H](NC(=O)CCCCCCCCCOc1ccc(C(=O)O)cc1)C(=O)O.CC(=O)[C@@H](N)CCCCNC(=O)COCCOCCCC(=O)COCCOCCNC(=O)CC[C@H](CC(=O)CCCCCCCCCOc1ccc(C(=O)O)cc1)C(=O)O. The summed E-state index contributed by atoms with van der Waals surface area (Å²) in [6.45, 7) is 10.3. The largest absolute Gasteiger partial charge is 0.494 e. The number of carbonyl (C=O) groups is 14. The van der Waals surface area contributed by atoms with E-state index < -0.39 is 41.9 Å². The van der Waals surface area contributed by atoms with Crippen LogP contribution < -0.4 is 41.8 Å². The van der Waals surface area contributed by atoms with Gasteiger partial charge in [0, 0.05) is 90.3 Å². The molecular formula is C86H138N6O28. The molecule has 0 bridgehead atoms. The standard InChI is InChI=1S/2C43H69N3O14/c1-33(34(2)47)13-9-10-22-44-40(50)31-59-30-28-57-26-23-45-41(51)32-58-29-27-56-24-12-14-36(48)18-21-38(43(54)55)46-39(49)15-8-6-4-3-5-7-11-25-60-37-19-16-35(17-20-37)42(52)53;1-33(47)39(44)14-8-9-21-45-41(51)32-59-29-26-56-23-11-13-37(49)31-58-28-27-57-25-22-46-40(50)20-17-35(43(54)55)30-36(48)12-7-5-3-2-4-6-10-24-60-38-18-15-34(16-19-38)42(52)53/h16-17,19-20,33,38H,3-15,18,21-32H2,1-2H3,(H,44,50)(H,45,51)(H,46,49)(H,52,53)(H,54,55);15-16,18-19,35,39H,2-14,17,20-32,44H2,1H3,(H,45,51)(H,46,50)(H,52,53)(H,54,55)/t33-,38-;35-,39+/m01/s1. The van der Waals surface area contributed by atoms with Gasteiger partial charge in [-0.25, -0.2) is 14.4 Å². The number of ether oxygens (including phenoxy) is 10. The first-order valence-corrected chi connectivity index (χ1v) is 42.4. The van der Waals surface area contributed by atoms with Crippen LogP contribution in [0.4, 0.5) is 0 Å². The van der Waals surface area contributed by atoms with E-state index in [1.54, 1.807) is 31.2 Å². The first-order chi connectivity index (χ1) is 57.8. The van der Waals surface area contributed by atoms with E-state index in [-0.39, 0.29) is 219 Å². The van der Waals surface area contributed by atoms with Crippen LogP contribution >= 0.6 is 0 Å². The number of unbranched alkanes of at least 4 members (excludes halogenated alkanes) is 14. The number of rotatable bonds is 81. The van der Waals surface area contributed by atoms with Crippen LogP contribution in [0.5, 0.6) is 11.5 Å². The van der Waals surface area contributed by atoms with Crippen molar-refractivity contribution in [2.75, 3.05) is 145 Å². The molecule has 0 aliphatic heterocycles. The van der Waals surface area contributed by atoms with Gasteiger partial charge in [0.2, 0.25) is 29.5 Å². The predicted molar refractivity (Wildman–Crippen MR) is 444 cm³/mol. The van der Waals surface area contributed by atoms with Crippen LogP contribution in [0, 0.1) is 11.8 Å². The molecule has 0 saturated carbocycles. The Labute approximate surface area is 706 Å². The second kappa shape index (κ2) is 74.1. The summed E-state index contributed by atoms with van der Waals surface area (Å²) in [6, 6.07) is 11.0. The molecule has 11 N–H and O–H groups in total. The van der Waals surface area contributed by atoms with Crippen LogP contribution in [-0.2, 0) is 95.4 Å². The van der Waals surface area contributed by atoms with Gasteiger partial charge in [0.1, 0.15) is 67.1 Å². The van der Waals surface area contributed by atoms with Crippen molar-refractivity contribution in [2.45, 2.75) is 232 Å². The number of carbonyl (C=O) groups excluding carboxylic acids is 10. The lowest BCUT2D eigenvalue weighted by Gasteiger charge is -2.14. The number of nitrogens with two attached hydrogens (primary N) is 1. The third-order valence-electron chi connectivity index (χ3n) is 18.7. The minimum Gasteiger partial charge on any atom is -0.494 e. The Hall–Kier alpha value is -8.74. The number of amides is 5. The summed E-state index contributed by atoms with van der Waals surface area (Å²) in [5.41, 5.74) is 6.11. The highest BCUT2D eigenvalue weighted by atomic mass is 16.5. The molecule has 4 atom stereocenters. The van der Waals surface area contributed by atoms with Gasteiger partial charge in [-0.2, -0.15) is 0 Å². The van der Waals surface area contributed by atoms with Gasteiger partial charge in [-0.15, -0.1) is 0 Å². The molecular weight excluding hydrogens is 1560 g/mol. The fourth-order valence-corrected chi connectivity index (χ4v) is 11.4. The summed E-state index contributed by atoms with van der Waals surface area (Å²) >= 11 is 0. The molecule has 34 heteroatoms. The normalized spacial score (nSPS) is 12.0. The lowest BCUT2D eigenvalue weighted by atomic mass is 9.94. The summed E-state index contributed by atoms with van der Waals surface area (Å²) < 4.78 is 54.1. The molecule has 0 fully saturated rings. The van der Waals surface area contributed by atoms with Gasteiger partial charge in [0.05, 0.1) is 102 Å². The van der Waals surface area contributed by atoms with Gasteiger partial charge >= 0.3 is 23.9 Å². The zero-order chi connectivity index (χ0) is 88.4. The Balaban J connectivity index is 0.00000120. The van der Waals surface area contributed by atoms with Gasteiger partial charge < -0.3 is 100 Å². The zero-order valence-electron chi connectivity index (χ0n) is 71.1. The van der Waals surface area contributed by atoms with Crippen LogP contribution in [0.2, 0.25) is 0 Å². The molecule has 2 aromatic rings. The minimum atomic E-state index is -1.18. The summed E-state index contributed by atoms with van der Waals surface area (Å²) in [4.78, 5) is 164. The number of Topliss-reactive ketones (excluding diaryl/α,β-unsaturated/α-hetero) is 5. The van der Waals surface area contributed by atoms with Crippen LogP contribution in [-0.4, -0.2) is 260 Å². The second-order valence-electron chi connectivity index (χ2n) is 29.2. The van der Waals surface area contributed by atoms with Crippen molar-refractivity contribution >= 4 is 82.3 Å². The van der Waals surface area contributed by atoms with Crippen molar-refractivity contribution in [1.82, 2.24) is 26.6 Å². The highest BCUT2D eigenvalue weighted by Crippen LogP contribution is 2.19. The third kappa shape index (κ3) is 66.0. The van der Waals surface area contributed by atoms with Crippen molar-refractivity contribution in [1.29, 1.82) is 0 Å². The molecule has 0 aliphatic carbocycles. The molecule has 5 amide bonds. The Morgan fingerprint density at radius 1 is 0.325 bits per heavy atom. The zero-order valence-corrected chi connectivity index (χ0v) is 71.1. The fourth-order valence-electron chi connectivity index (χ4n) is 11.4. The number of aromatic carboxylic acids is 2. The lowest BCUT2D eigenvalue weighted by Crippen LogP contribution is -2.41. The molecule has 0 unspecified atom stereocenters. The number of benzene rings is 2. The van der Waals surface area contributed by atoms with Crippen molar-refractivity contribution in [3.8, 4) is 11.5 Å². The number of carboxylic acids is 4. The van der Waals surface area contributed by atoms with E-state index in [4.69, 9.17) is 63.3 Å². The number of nitrogens with one attached hydrogen (secondary N) is 5. The topological polar surface area (TPSA) is 498 Å². The molecule has 0 aromatic heterocycles. The summed E-state index contributed by atoms with van der Waals surface area (Å²) in [5, 5.41) is 50.4. The predicted octanol–water partition coefficient (Wildman–Crippen LogP) is 8.34. The number of ketones is 5. The molecule has 0 saturated heterocycles. The molecule has 2 aromatic carbocycles. The molecule has 120 heavy (non-hydrogen) atoms. The van der Waals surface area contributed by atoms with E-state index in [0.717, 1.165) is 109 Å². The highest BCUT2D eigenvalue weighted by molar-refractivity contribution is 5.89. The molecule has 34 nitrogen and oxygen atoms in total. The van der Waals surface area contributed by atoms with Crippen LogP contribution in [0.1, 0.15) is 241 Å². The Bertz CT molecular complexity index is 2990. The molecule has 2 rings (SSSR count).